The molecular formula is C11H13N3O2. The van der Waals surface area contributed by atoms with Gasteiger partial charge >= 0.3 is 6.03 Å². The van der Waals surface area contributed by atoms with E-state index in [0.29, 0.717) is 6.04 Å². The van der Waals surface area contributed by atoms with Gasteiger partial charge < -0.3 is 9.88 Å². The second-order valence-electron chi connectivity index (χ2n) is 3.95. The zero-order valence-electron chi connectivity index (χ0n) is 9.15. The first-order valence-corrected chi connectivity index (χ1v) is 5.08. The number of nitrogens with one attached hydrogen (secondary N) is 2. The lowest BCUT2D eigenvalue weighted by Gasteiger charge is -2.04. The Morgan fingerprint density at radius 3 is 2.56 bits per heavy atom. The molecule has 1 aromatic rings. The smallest absolute Gasteiger partial charge is 0.326 e. The SMILES string of the molecule is CC(C)n1ccc(/C=C2\NC(=O)NC2=O)c1. The van der Waals surface area contributed by atoms with Crippen LogP contribution in [0.25, 0.3) is 6.08 Å². The minimum absolute atomic E-state index is 0.284. The summed E-state index contributed by atoms with van der Waals surface area (Å²) in [5, 5.41) is 4.60. The van der Waals surface area contributed by atoms with Crippen LogP contribution in [0.2, 0.25) is 0 Å². The maximum atomic E-state index is 11.3. The summed E-state index contributed by atoms with van der Waals surface area (Å²) in [6.07, 6.45) is 5.51. The van der Waals surface area contributed by atoms with Gasteiger partial charge in [0.25, 0.3) is 5.91 Å². The predicted octanol–water partition coefficient (Wildman–Crippen LogP) is 1.25. The van der Waals surface area contributed by atoms with Gasteiger partial charge in [-0.25, -0.2) is 4.79 Å². The number of carbonyl (C=O) groups is 2. The van der Waals surface area contributed by atoms with Crippen molar-refractivity contribution in [2.75, 3.05) is 0 Å². The molecule has 0 spiro atoms. The van der Waals surface area contributed by atoms with E-state index in [1.165, 1.54) is 0 Å². The van der Waals surface area contributed by atoms with Gasteiger partial charge in [-0.1, -0.05) is 0 Å². The zero-order valence-corrected chi connectivity index (χ0v) is 9.15. The summed E-state index contributed by atoms with van der Waals surface area (Å²) in [6.45, 7) is 4.14. The Morgan fingerprint density at radius 1 is 1.31 bits per heavy atom. The highest BCUT2D eigenvalue weighted by molar-refractivity contribution is 6.13. The van der Waals surface area contributed by atoms with Gasteiger partial charge in [-0.2, -0.15) is 0 Å². The second-order valence-corrected chi connectivity index (χ2v) is 3.95. The minimum Gasteiger partial charge on any atom is -0.351 e. The molecule has 84 valence electrons. The molecule has 3 amide bonds. The molecule has 5 nitrogen and oxygen atoms in total. The number of amides is 3. The van der Waals surface area contributed by atoms with E-state index in [-0.39, 0.29) is 11.6 Å². The molecule has 5 heteroatoms. The maximum Gasteiger partial charge on any atom is 0.326 e. The van der Waals surface area contributed by atoms with E-state index in [4.69, 9.17) is 0 Å². The summed E-state index contributed by atoms with van der Waals surface area (Å²) in [6, 6.07) is 1.80. The highest BCUT2D eigenvalue weighted by atomic mass is 16.2. The molecule has 1 fully saturated rings. The molecule has 16 heavy (non-hydrogen) atoms. The molecule has 2 rings (SSSR count). The lowest BCUT2D eigenvalue weighted by Crippen LogP contribution is -2.22. The van der Waals surface area contributed by atoms with Crippen LogP contribution in [0.4, 0.5) is 4.79 Å². The van der Waals surface area contributed by atoms with Crippen LogP contribution >= 0.6 is 0 Å². The number of aromatic nitrogens is 1. The molecular weight excluding hydrogens is 206 g/mol. The van der Waals surface area contributed by atoms with Crippen molar-refractivity contribution in [1.82, 2.24) is 15.2 Å². The van der Waals surface area contributed by atoms with Crippen LogP contribution < -0.4 is 10.6 Å². The summed E-state index contributed by atoms with van der Waals surface area (Å²) in [5.41, 5.74) is 1.17. The van der Waals surface area contributed by atoms with E-state index in [1.807, 2.05) is 23.0 Å². The fourth-order valence-corrected chi connectivity index (χ4v) is 1.49. The molecule has 0 saturated carbocycles. The third-order valence-electron chi connectivity index (χ3n) is 2.36. The van der Waals surface area contributed by atoms with Gasteiger partial charge in [-0.3, -0.25) is 10.1 Å². The Hall–Kier alpha value is -2.04. The minimum atomic E-state index is -0.473. The monoisotopic (exact) mass is 219 g/mol. The number of nitrogens with zero attached hydrogens (tertiary/aromatic N) is 1. The summed E-state index contributed by atoms with van der Waals surface area (Å²) < 4.78 is 2.03. The van der Waals surface area contributed by atoms with E-state index < -0.39 is 6.03 Å². The quantitative estimate of drug-likeness (QED) is 0.580. The molecule has 0 bridgehead atoms. The molecule has 0 radical (unpaired) electrons. The Morgan fingerprint density at radius 2 is 2.06 bits per heavy atom. The lowest BCUT2D eigenvalue weighted by atomic mass is 10.2. The van der Waals surface area contributed by atoms with Crippen molar-refractivity contribution >= 4 is 18.0 Å². The van der Waals surface area contributed by atoms with Gasteiger partial charge in [0.05, 0.1) is 0 Å². The Bertz CT molecular complexity index is 471. The summed E-state index contributed by atoms with van der Waals surface area (Å²) in [7, 11) is 0. The molecule has 1 saturated heterocycles. The van der Waals surface area contributed by atoms with E-state index >= 15 is 0 Å². The van der Waals surface area contributed by atoms with Gasteiger partial charge in [0.1, 0.15) is 5.70 Å². The van der Waals surface area contributed by atoms with E-state index in [9.17, 15) is 9.59 Å². The van der Waals surface area contributed by atoms with Crippen LogP contribution in [0.1, 0.15) is 25.5 Å². The molecule has 0 aliphatic carbocycles. The van der Waals surface area contributed by atoms with Crippen LogP contribution in [-0.4, -0.2) is 16.5 Å². The number of hydrogen-bond donors (Lipinski definition) is 2. The van der Waals surface area contributed by atoms with Crippen LogP contribution in [0, 0.1) is 0 Å². The van der Waals surface area contributed by atoms with Crippen molar-refractivity contribution in [3.8, 4) is 0 Å². The number of urea groups is 1. The van der Waals surface area contributed by atoms with Crippen LogP contribution in [0.15, 0.2) is 24.2 Å². The van der Waals surface area contributed by atoms with Crippen molar-refractivity contribution < 1.29 is 9.59 Å². The first-order chi connectivity index (χ1) is 7.56. The van der Waals surface area contributed by atoms with E-state index in [2.05, 4.69) is 24.5 Å². The van der Waals surface area contributed by atoms with Gasteiger partial charge in [0.15, 0.2) is 0 Å². The Balaban J connectivity index is 2.22. The predicted molar refractivity (Wildman–Crippen MR) is 59.5 cm³/mol. The molecule has 0 unspecified atom stereocenters. The van der Waals surface area contributed by atoms with Crippen molar-refractivity contribution in [2.24, 2.45) is 0 Å². The fraction of sp³-hybridized carbons (Fsp3) is 0.273. The van der Waals surface area contributed by atoms with Crippen molar-refractivity contribution in [3.05, 3.63) is 29.7 Å². The molecule has 1 aliphatic heterocycles. The summed E-state index contributed by atoms with van der Waals surface area (Å²) in [5.74, 6) is -0.387. The topological polar surface area (TPSA) is 63.1 Å². The van der Waals surface area contributed by atoms with Gasteiger partial charge in [0.2, 0.25) is 0 Å². The Kier molecular flexibility index (Phi) is 2.52. The van der Waals surface area contributed by atoms with Gasteiger partial charge in [-0.15, -0.1) is 0 Å². The highest BCUT2D eigenvalue weighted by Crippen LogP contribution is 2.12. The maximum absolute atomic E-state index is 11.3. The molecule has 2 heterocycles. The molecule has 0 aromatic carbocycles. The second kappa shape index (κ2) is 3.84. The third-order valence-corrected chi connectivity index (χ3v) is 2.36. The first kappa shape index (κ1) is 10.5. The first-order valence-electron chi connectivity index (χ1n) is 5.08. The zero-order chi connectivity index (χ0) is 11.7. The molecule has 0 atom stereocenters. The highest BCUT2D eigenvalue weighted by Gasteiger charge is 2.22. The number of imide groups is 1. The average Bonchev–Trinajstić information content (AvgIpc) is 2.75. The van der Waals surface area contributed by atoms with E-state index in [1.54, 1.807) is 6.08 Å². The van der Waals surface area contributed by atoms with Gasteiger partial charge in [0, 0.05) is 18.4 Å². The molecule has 2 N–H and O–H groups in total. The van der Waals surface area contributed by atoms with E-state index in [0.717, 1.165) is 5.56 Å². The number of hydrogen-bond acceptors (Lipinski definition) is 2. The fourth-order valence-electron chi connectivity index (χ4n) is 1.49. The Labute approximate surface area is 93.1 Å². The van der Waals surface area contributed by atoms with Crippen LogP contribution in [0.3, 0.4) is 0 Å². The van der Waals surface area contributed by atoms with Crippen molar-refractivity contribution in [1.29, 1.82) is 0 Å². The summed E-state index contributed by atoms with van der Waals surface area (Å²) >= 11 is 0. The normalized spacial score (nSPS) is 18.1. The summed E-state index contributed by atoms with van der Waals surface area (Å²) in [4.78, 5) is 22.1. The molecule has 1 aliphatic rings. The number of carbonyl (C=O) groups excluding carboxylic acids is 2. The molecule has 1 aromatic heterocycles. The third kappa shape index (κ3) is 1.98. The lowest BCUT2D eigenvalue weighted by molar-refractivity contribution is -0.115. The van der Waals surface area contributed by atoms with Crippen molar-refractivity contribution in [3.63, 3.8) is 0 Å². The van der Waals surface area contributed by atoms with Gasteiger partial charge in [-0.05, 0) is 31.6 Å². The van der Waals surface area contributed by atoms with Crippen molar-refractivity contribution in [2.45, 2.75) is 19.9 Å². The largest absolute Gasteiger partial charge is 0.351 e. The standard InChI is InChI=1S/C11H13N3O2/c1-7(2)14-4-3-8(6-14)5-9-10(15)13-11(16)12-9/h3-7H,1-2H3,(H2,12,13,15,16)/b9-5-. The van der Waals surface area contributed by atoms with Crippen LogP contribution in [-0.2, 0) is 4.79 Å². The number of rotatable bonds is 2. The average molecular weight is 219 g/mol. The van der Waals surface area contributed by atoms with Crippen LogP contribution in [0.5, 0.6) is 0 Å².